The van der Waals surface area contributed by atoms with Crippen LogP contribution >= 0.6 is 0 Å². The molecule has 2 aliphatic rings. The number of esters is 2. The van der Waals surface area contributed by atoms with Crippen LogP contribution in [0.1, 0.15) is 68.7 Å². The summed E-state index contributed by atoms with van der Waals surface area (Å²) in [6.45, 7) is 15.5. The van der Waals surface area contributed by atoms with E-state index in [1.165, 1.54) is 0 Å². The van der Waals surface area contributed by atoms with Crippen LogP contribution < -0.4 is 5.32 Å². The summed E-state index contributed by atoms with van der Waals surface area (Å²) in [5.41, 5.74) is -3.84. The molecule has 166 valence electrons. The number of fused-ring (bicyclic) bond motifs is 1. The van der Waals surface area contributed by atoms with E-state index in [9.17, 15) is 19.5 Å². The third-order valence-corrected chi connectivity index (χ3v) is 4.79. The summed E-state index contributed by atoms with van der Waals surface area (Å²) in [7, 11) is 0. The van der Waals surface area contributed by atoms with Crippen molar-refractivity contribution in [3.05, 3.63) is 0 Å². The first-order valence-corrected chi connectivity index (χ1v) is 10.0. The van der Waals surface area contributed by atoms with Crippen LogP contribution in [0, 0.1) is 17.8 Å². The predicted molar refractivity (Wildman–Crippen MR) is 105 cm³/mol. The average molecular weight is 414 g/mol. The minimum atomic E-state index is -1.55. The Bertz CT molecular complexity index is 683. The molecule has 0 spiro atoms. The smallest absolute Gasteiger partial charge is 0.408 e. The van der Waals surface area contributed by atoms with Crippen LogP contribution in [-0.4, -0.2) is 51.6 Å². The molecule has 2 saturated carbocycles. The second kappa shape index (κ2) is 7.15. The molecular formula is C21H35NO7. The van der Waals surface area contributed by atoms with Crippen LogP contribution in [0.4, 0.5) is 4.79 Å². The minimum Gasteiger partial charge on any atom is -0.460 e. The van der Waals surface area contributed by atoms with E-state index < -0.39 is 64.2 Å². The molecule has 0 radical (unpaired) electrons. The fraction of sp³-hybridized carbons (Fsp3) is 0.857. The van der Waals surface area contributed by atoms with Gasteiger partial charge in [-0.3, -0.25) is 4.79 Å². The zero-order valence-electron chi connectivity index (χ0n) is 18.9. The summed E-state index contributed by atoms with van der Waals surface area (Å²) in [5, 5.41) is 13.2. The maximum Gasteiger partial charge on any atom is 0.408 e. The molecule has 0 aromatic heterocycles. The highest BCUT2D eigenvalue weighted by Crippen LogP contribution is 2.63. The Hall–Kier alpha value is -1.83. The molecule has 2 rings (SSSR count). The highest BCUT2D eigenvalue weighted by Gasteiger charge is 2.76. The fourth-order valence-corrected chi connectivity index (χ4v) is 3.98. The Morgan fingerprint density at radius 1 is 0.862 bits per heavy atom. The third kappa shape index (κ3) is 5.41. The van der Waals surface area contributed by atoms with Crippen LogP contribution in [0.3, 0.4) is 0 Å². The average Bonchev–Trinajstić information content (AvgIpc) is 3.10. The van der Waals surface area contributed by atoms with Crippen molar-refractivity contribution >= 4 is 18.0 Å². The van der Waals surface area contributed by atoms with Crippen molar-refractivity contribution in [2.24, 2.45) is 17.8 Å². The number of rotatable bonds is 3. The molecule has 8 nitrogen and oxygen atoms in total. The van der Waals surface area contributed by atoms with Crippen LogP contribution in [0.25, 0.3) is 0 Å². The zero-order valence-corrected chi connectivity index (χ0v) is 18.9. The van der Waals surface area contributed by atoms with E-state index in [4.69, 9.17) is 14.2 Å². The SMILES string of the molecule is CC(C)(C)OC(=O)N[C@@]1(C(=O)OC(C)(C)C)C[C@H](O)C2[C@@H]1[C@H]2C(=O)OC(C)(C)C. The van der Waals surface area contributed by atoms with Gasteiger partial charge in [0.1, 0.15) is 22.3 Å². The van der Waals surface area contributed by atoms with Gasteiger partial charge in [-0.2, -0.15) is 0 Å². The number of hydrogen-bond donors (Lipinski definition) is 2. The van der Waals surface area contributed by atoms with Gasteiger partial charge in [-0.25, -0.2) is 9.59 Å². The molecule has 2 fully saturated rings. The quantitative estimate of drug-likeness (QED) is 0.540. The van der Waals surface area contributed by atoms with Crippen molar-refractivity contribution in [1.82, 2.24) is 5.32 Å². The van der Waals surface area contributed by atoms with Crippen molar-refractivity contribution in [3.63, 3.8) is 0 Å². The molecule has 0 aliphatic heterocycles. The normalized spacial score (nSPS) is 31.5. The van der Waals surface area contributed by atoms with Crippen molar-refractivity contribution < 1.29 is 33.7 Å². The van der Waals surface area contributed by atoms with E-state index in [0.717, 1.165) is 0 Å². The van der Waals surface area contributed by atoms with Gasteiger partial charge in [0.25, 0.3) is 0 Å². The van der Waals surface area contributed by atoms with E-state index in [-0.39, 0.29) is 6.42 Å². The Morgan fingerprint density at radius 2 is 1.34 bits per heavy atom. The van der Waals surface area contributed by atoms with Crippen molar-refractivity contribution in [2.75, 3.05) is 0 Å². The first-order valence-electron chi connectivity index (χ1n) is 10.0. The second-order valence-electron chi connectivity index (χ2n) is 11.0. The molecule has 2 N–H and O–H groups in total. The highest BCUT2D eigenvalue weighted by atomic mass is 16.6. The highest BCUT2D eigenvalue weighted by molar-refractivity contribution is 5.91. The standard InChI is InChI=1S/C21H35NO7/c1-18(2,3)27-15(24)13-12-11(23)10-21(14(12)13,16(25)28-19(4,5)6)22-17(26)29-20(7,8)9/h11-14,23H,10H2,1-9H3,(H,22,26)/t11-,12?,13-,14+,21-/m0/s1. The first kappa shape index (κ1) is 23.4. The lowest BCUT2D eigenvalue weighted by molar-refractivity contribution is -0.166. The van der Waals surface area contributed by atoms with Gasteiger partial charge >= 0.3 is 18.0 Å². The monoisotopic (exact) mass is 413 g/mol. The molecule has 1 unspecified atom stereocenters. The van der Waals surface area contributed by atoms with Gasteiger partial charge < -0.3 is 24.6 Å². The van der Waals surface area contributed by atoms with Crippen LogP contribution in [0.15, 0.2) is 0 Å². The molecule has 0 aromatic carbocycles. The van der Waals surface area contributed by atoms with Gasteiger partial charge in [0.15, 0.2) is 0 Å². The van der Waals surface area contributed by atoms with E-state index in [0.29, 0.717) is 0 Å². The van der Waals surface area contributed by atoms with E-state index in [1.54, 1.807) is 62.3 Å². The Morgan fingerprint density at radius 3 is 1.79 bits per heavy atom. The van der Waals surface area contributed by atoms with Crippen LogP contribution in [0.2, 0.25) is 0 Å². The molecule has 2 aliphatic carbocycles. The van der Waals surface area contributed by atoms with Gasteiger partial charge in [0, 0.05) is 18.3 Å². The number of aliphatic hydroxyl groups is 1. The third-order valence-electron chi connectivity index (χ3n) is 4.79. The van der Waals surface area contributed by atoms with E-state index in [2.05, 4.69) is 5.32 Å². The molecule has 0 saturated heterocycles. The number of hydrogen-bond acceptors (Lipinski definition) is 7. The largest absolute Gasteiger partial charge is 0.460 e. The number of carbonyl (C=O) groups excluding carboxylic acids is 3. The van der Waals surface area contributed by atoms with Crippen LogP contribution in [-0.2, 0) is 23.8 Å². The Kier molecular flexibility index (Phi) is 5.78. The van der Waals surface area contributed by atoms with Crippen LogP contribution in [0.5, 0.6) is 0 Å². The maximum absolute atomic E-state index is 13.2. The Balaban J connectivity index is 2.34. The number of aliphatic hydroxyl groups excluding tert-OH is 1. The summed E-state index contributed by atoms with van der Waals surface area (Å²) in [6.07, 6.45) is -1.79. The van der Waals surface area contributed by atoms with E-state index >= 15 is 0 Å². The number of ether oxygens (including phenoxy) is 3. The molecule has 0 aromatic rings. The summed E-state index contributed by atoms with van der Waals surface area (Å²) in [6, 6.07) is 0. The zero-order chi connectivity index (χ0) is 22.6. The number of alkyl carbamates (subject to hydrolysis) is 1. The lowest BCUT2D eigenvalue weighted by Gasteiger charge is -2.35. The van der Waals surface area contributed by atoms with Gasteiger partial charge in [-0.1, -0.05) is 0 Å². The van der Waals surface area contributed by atoms with Gasteiger partial charge in [-0.05, 0) is 62.3 Å². The van der Waals surface area contributed by atoms with Gasteiger partial charge in [-0.15, -0.1) is 0 Å². The summed E-state index contributed by atoms with van der Waals surface area (Å²) >= 11 is 0. The number of nitrogens with one attached hydrogen (secondary N) is 1. The van der Waals surface area contributed by atoms with Crippen molar-refractivity contribution in [1.29, 1.82) is 0 Å². The predicted octanol–water partition coefficient (Wildman–Crippen LogP) is 2.56. The summed E-state index contributed by atoms with van der Waals surface area (Å²) in [5.74, 6) is -2.97. The minimum absolute atomic E-state index is 0.0458. The molecule has 5 atom stereocenters. The Labute approximate surface area is 172 Å². The molecule has 8 heteroatoms. The topological polar surface area (TPSA) is 111 Å². The molecular weight excluding hydrogens is 378 g/mol. The summed E-state index contributed by atoms with van der Waals surface area (Å²) in [4.78, 5) is 38.4. The maximum atomic E-state index is 13.2. The van der Waals surface area contributed by atoms with Gasteiger partial charge in [0.2, 0.25) is 0 Å². The van der Waals surface area contributed by atoms with Crippen molar-refractivity contribution in [3.8, 4) is 0 Å². The molecule has 0 bridgehead atoms. The molecule has 29 heavy (non-hydrogen) atoms. The number of carbonyl (C=O) groups is 3. The number of amides is 1. The van der Waals surface area contributed by atoms with Crippen molar-refractivity contribution in [2.45, 2.75) is 97.2 Å². The molecule has 1 amide bonds. The van der Waals surface area contributed by atoms with Gasteiger partial charge in [0.05, 0.1) is 12.0 Å². The second-order valence-corrected chi connectivity index (χ2v) is 11.0. The first-order chi connectivity index (χ1) is 12.9. The molecule has 0 heterocycles. The van der Waals surface area contributed by atoms with E-state index in [1.807, 2.05) is 0 Å². The summed E-state index contributed by atoms with van der Waals surface area (Å²) < 4.78 is 16.3. The fourth-order valence-electron chi connectivity index (χ4n) is 3.98. The lowest BCUT2D eigenvalue weighted by atomic mass is 9.89. The lowest BCUT2D eigenvalue weighted by Crippen LogP contribution is -2.59.